The van der Waals surface area contributed by atoms with Gasteiger partial charge in [-0.15, -0.1) is 0 Å². The highest BCUT2D eigenvalue weighted by Crippen LogP contribution is 2.26. The third-order valence-electron chi connectivity index (χ3n) is 2.35. The van der Waals surface area contributed by atoms with Crippen LogP contribution in [-0.4, -0.2) is 16.3 Å². The molecule has 78 valence electrons. The zero-order valence-electron chi connectivity index (χ0n) is 8.78. The summed E-state index contributed by atoms with van der Waals surface area (Å²) in [5.41, 5.74) is 7.88. The fourth-order valence-corrected chi connectivity index (χ4v) is 1.46. The SMILES string of the molecule is Cc1cc([C@H](O)[C@H](C)N)cc(C)c1O. The van der Waals surface area contributed by atoms with Gasteiger partial charge in [0.2, 0.25) is 0 Å². The number of benzene rings is 1. The maximum atomic E-state index is 9.73. The van der Waals surface area contributed by atoms with Crippen LogP contribution >= 0.6 is 0 Å². The van der Waals surface area contributed by atoms with Crippen LogP contribution in [0.1, 0.15) is 29.7 Å². The van der Waals surface area contributed by atoms with E-state index < -0.39 is 6.10 Å². The Morgan fingerprint density at radius 1 is 1.21 bits per heavy atom. The number of nitrogens with two attached hydrogens (primary N) is 1. The number of rotatable bonds is 2. The lowest BCUT2D eigenvalue weighted by atomic mass is 9.99. The van der Waals surface area contributed by atoms with Crippen molar-refractivity contribution in [1.82, 2.24) is 0 Å². The Balaban J connectivity index is 3.12. The largest absolute Gasteiger partial charge is 0.507 e. The number of aliphatic hydroxyl groups excluding tert-OH is 1. The Kier molecular flexibility index (Phi) is 3.13. The molecule has 0 spiro atoms. The van der Waals surface area contributed by atoms with Crippen LogP contribution in [0.2, 0.25) is 0 Å². The summed E-state index contributed by atoms with van der Waals surface area (Å²) in [4.78, 5) is 0. The maximum Gasteiger partial charge on any atom is 0.121 e. The molecule has 4 N–H and O–H groups in total. The van der Waals surface area contributed by atoms with E-state index >= 15 is 0 Å². The summed E-state index contributed by atoms with van der Waals surface area (Å²) >= 11 is 0. The van der Waals surface area contributed by atoms with E-state index in [4.69, 9.17) is 5.73 Å². The average Bonchev–Trinajstić information content (AvgIpc) is 2.12. The van der Waals surface area contributed by atoms with Crippen LogP contribution in [0, 0.1) is 13.8 Å². The third-order valence-corrected chi connectivity index (χ3v) is 2.35. The highest BCUT2D eigenvalue weighted by atomic mass is 16.3. The molecule has 3 nitrogen and oxygen atoms in total. The van der Waals surface area contributed by atoms with Crippen molar-refractivity contribution in [2.24, 2.45) is 5.73 Å². The number of aromatic hydroxyl groups is 1. The van der Waals surface area contributed by atoms with Crippen LogP contribution in [0.4, 0.5) is 0 Å². The Morgan fingerprint density at radius 2 is 1.64 bits per heavy atom. The molecular weight excluding hydrogens is 178 g/mol. The Labute approximate surface area is 84.2 Å². The molecule has 3 heteroatoms. The molecule has 0 radical (unpaired) electrons. The summed E-state index contributed by atoms with van der Waals surface area (Å²) in [6, 6.07) is 3.21. The summed E-state index contributed by atoms with van der Waals surface area (Å²) in [6.45, 7) is 5.36. The van der Waals surface area contributed by atoms with E-state index in [2.05, 4.69) is 0 Å². The van der Waals surface area contributed by atoms with E-state index in [0.717, 1.165) is 16.7 Å². The number of aryl methyl sites for hydroxylation is 2. The van der Waals surface area contributed by atoms with Gasteiger partial charge in [-0.25, -0.2) is 0 Å². The van der Waals surface area contributed by atoms with E-state index in [9.17, 15) is 10.2 Å². The number of hydrogen-bond donors (Lipinski definition) is 3. The van der Waals surface area contributed by atoms with E-state index in [0.29, 0.717) is 0 Å². The van der Waals surface area contributed by atoms with Gasteiger partial charge in [0.15, 0.2) is 0 Å². The van der Waals surface area contributed by atoms with Crippen LogP contribution in [0.15, 0.2) is 12.1 Å². The molecule has 0 aliphatic heterocycles. The van der Waals surface area contributed by atoms with Crippen molar-refractivity contribution < 1.29 is 10.2 Å². The molecule has 0 aliphatic rings. The Bertz CT molecular complexity index is 311. The smallest absolute Gasteiger partial charge is 0.121 e. The van der Waals surface area contributed by atoms with Crippen LogP contribution in [0.3, 0.4) is 0 Å². The molecule has 0 amide bonds. The van der Waals surface area contributed by atoms with Gasteiger partial charge < -0.3 is 15.9 Å². The van der Waals surface area contributed by atoms with Gasteiger partial charge in [-0.1, -0.05) is 0 Å². The Hall–Kier alpha value is -1.06. The molecule has 14 heavy (non-hydrogen) atoms. The molecule has 0 saturated heterocycles. The van der Waals surface area contributed by atoms with Crippen molar-refractivity contribution in [3.8, 4) is 5.75 Å². The van der Waals surface area contributed by atoms with E-state index in [1.54, 1.807) is 32.9 Å². The molecule has 0 saturated carbocycles. The molecule has 0 aromatic heterocycles. The summed E-state index contributed by atoms with van der Waals surface area (Å²) in [7, 11) is 0. The molecule has 0 fully saturated rings. The number of aliphatic hydroxyl groups is 1. The van der Waals surface area contributed by atoms with Gasteiger partial charge in [0.1, 0.15) is 5.75 Å². The zero-order valence-corrected chi connectivity index (χ0v) is 8.78. The van der Waals surface area contributed by atoms with Crippen molar-refractivity contribution in [3.63, 3.8) is 0 Å². The molecular formula is C11H17NO2. The standard InChI is InChI=1S/C11H17NO2/c1-6-4-9(11(14)8(3)12)5-7(2)10(6)13/h4-5,8,11,13-14H,12H2,1-3H3/t8-,11+/m0/s1. The predicted molar refractivity (Wildman–Crippen MR) is 56.2 cm³/mol. The first-order valence-corrected chi connectivity index (χ1v) is 4.67. The van der Waals surface area contributed by atoms with E-state index in [1.165, 1.54) is 0 Å². The first kappa shape index (κ1) is 11.0. The van der Waals surface area contributed by atoms with Crippen molar-refractivity contribution in [2.45, 2.75) is 32.9 Å². The van der Waals surface area contributed by atoms with Gasteiger partial charge in [-0.2, -0.15) is 0 Å². The normalized spacial score (nSPS) is 15.2. The van der Waals surface area contributed by atoms with Gasteiger partial charge in [-0.3, -0.25) is 0 Å². The third kappa shape index (κ3) is 2.05. The first-order valence-electron chi connectivity index (χ1n) is 4.67. The molecule has 1 aromatic rings. The highest BCUT2D eigenvalue weighted by Gasteiger charge is 2.14. The van der Waals surface area contributed by atoms with Crippen molar-refractivity contribution in [3.05, 3.63) is 28.8 Å². The minimum Gasteiger partial charge on any atom is -0.507 e. The molecule has 0 heterocycles. The van der Waals surface area contributed by atoms with Gasteiger partial charge in [-0.05, 0) is 49.6 Å². The quantitative estimate of drug-likeness (QED) is 0.668. The second-order valence-electron chi connectivity index (χ2n) is 3.81. The van der Waals surface area contributed by atoms with Gasteiger partial charge >= 0.3 is 0 Å². The molecule has 0 unspecified atom stereocenters. The lowest BCUT2D eigenvalue weighted by Gasteiger charge is -2.16. The monoisotopic (exact) mass is 195 g/mol. The second-order valence-corrected chi connectivity index (χ2v) is 3.81. The number of phenols is 1. The Morgan fingerprint density at radius 3 is 2.00 bits per heavy atom. The second kappa shape index (κ2) is 3.98. The van der Waals surface area contributed by atoms with Crippen LogP contribution in [0.25, 0.3) is 0 Å². The summed E-state index contributed by atoms with van der Waals surface area (Å²) in [5.74, 6) is 0.283. The van der Waals surface area contributed by atoms with Crippen molar-refractivity contribution >= 4 is 0 Å². The molecule has 1 aromatic carbocycles. The van der Waals surface area contributed by atoms with E-state index in [-0.39, 0.29) is 11.8 Å². The molecule has 2 atom stereocenters. The van der Waals surface area contributed by atoms with Crippen molar-refractivity contribution in [2.75, 3.05) is 0 Å². The van der Waals surface area contributed by atoms with E-state index in [1.807, 2.05) is 0 Å². The highest BCUT2D eigenvalue weighted by molar-refractivity contribution is 5.43. The minimum atomic E-state index is -0.673. The first-order chi connectivity index (χ1) is 6.43. The average molecular weight is 195 g/mol. The topological polar surface area (TPSA) is 66.5 Å². The fourth-order valence-electron chi connectivity index (χ4n) is 1.46. The predicted octanol–water partition coefficient (Wildman–Crippen LogP) is 1.39. The summed E-state index contributed by atoms with van der Waals surface area (Å²) < 4.78 is 0. The zero-order chi connectivity index (χ0) is 10.9. The minimum absolute atomic E-state index is 0.283. The number of phenolic OH excluding ortho intramolecular Hbond substituents is 1. The van der Waals surface area contributed by atoms with Gasteiger partial charge in [0, 0.05) is 6.04 Å². The lowest BCUT2D eigenvalue weighted by Crippen LogP contribution is -2.24. The van der Waals surface area contributed by atoms with Gasteiger partial charge in [0.25, 0.3) is 0 Å². The summed E-state index contributed by atoms with van der Waals surface area (Å²) in [5, 5.41) is 19.3. The summed E-state index contributed by atoms with van der Waals surface area (Å²) in [6.07, 6.45) is -0.673. The molecule has 1 rings (SSSR count). The van der Waals surface area contributed by atoms with Gasteiger partial charge in [0.05, 0.1) is 6.10 Å². The van der Waals surface area contributed by atoms with Crippen molar-refractivity contribution in [1.29, 1.82) is 0 Å². The maximum absolute atomic E-state index is 9.73. The fraction of sp³-hybridized carbons (Fsp3) is 0.455. The molecule has 0 aliphatic carbocycles. The number of hydrogen-bond acceptors (Lipinski definition) is 3. The van der Waals surface area contributed by atoms with Crippen LogP contribution < -0.4 is 5.73 Å². The lowest BCUT2D eigenvalue weighted by molar-refractivity contribution is 0.153. The van der Waals surface area contributed by atoms with Crippen LogP contribution in [0.5, 0.6) is 5.75 Å². The molecule has 0 bridgehead atoms. The van der Waals surface area contributed by atoms with Crippen LogP contribution in [-0.2, 0) is 0 Å².